The highest BCUT2D eigenvalue weighted by atomic mass is 15.2. The standard InChI is InChI=1S/C25H31N5/c1-2-6-21(7-3-1)19-28-15-9-23(10-16-28)24-25-27-12-17-29(25)13-5-14-30(24)20-22-8-4-11-26-18-22/h1-4,6-8,11-12,17-18,23-24H,5,9-10,13-16,19-20H2. The molecular formula is C25H31N5. The van der Waals surface area contributed by atoms with Crippen molar-refractivity contribution < 1.29 is 0 Å². The third kappa shape index (κ3) is 4.32. The van der Waals surface area contributed by atoms with E-state index >= 15 is 0 Å². The summed E-state index contributed by atoms with van der Waals surface area (Å²) in [6.07, 6.45) is 11.7. The van der Waals surface area contributed by atoms with E-state index in [1.165, 1.54) is 36.2 Å². The molecule has 2 aliphatic heterocycles. The predicted octanol–water partition coefficient (Wildman–Crippen LogP) is 4.14. The molecule has 0 radical (unpaired) electrons. The molecule has 0 aliphatic carbocycles. The molecule has 3 aromatic rings. The van der Waals surface area contributed by atoms with E-state index in [0.29, 0.717) is 12.0 Å². The molecule has 1 aromatic carbocycles. The van der Waals surface area contributed by atoms with Gasteiger partial charge in [0, 0.05) is 51.0 Å². The Morgan fingerprint density at radius 2 is 1.67 bits per heavy atom. The molecule has 5 nitrogen and oxygen atoms in total. The van der Waals surface area contributed by atoms with Crippen LogP contribution in [0.2, 0.25) is 0 Å². The van der Waals surface area contributed by atoms with E-state index in [0.717, 1.165) is 39.3 Å². The minimum Gasteiger partial charge on any atom is -0.334 e. The van der Waals surface area contributed by atoms with Gasteiger partial charge in [0.25, 0.3) is 0 Å². The first-order valence-electron chi connectivity index (χ1n) is 11.3. The van der Waals surface area contributed by atoms with Crippen LogP contribution in [0.25, 0.3) is 0 Å². The Balaban J connectivity index is 1.32. The van der Waals surface area contributed by atoms with Crippen molar-refractivity contribution in [3.8, 4) is 0 Å². The highest BCUT2D eigenvalue weighted by Gasteiger charge is 2.35. The van der Waals surface area contributed by atoms with E-state index in [1.807, 2.05) is 24.7 Å². The molecule has 4 heterocycles. The summed E-state index contributed by atoms with van der Waals surface area (Å²) < 4.78 is 2.39. The minimum atomic E-state index is 0.390. The number of pyridine rings is 1. The fourth-order valence-corrected chi connectivity index (χ4v) is 5.20. The first-order valence-corrected chi connectivity index (χ1v) is 11.3. The van der Waals surface area contributed by atoms with E-state index in [1.54, 1.807) is 0 Å². The van der Waals surface area contributed by atoms with E-state index in [-0.39, 0.29) is 0 Å². The number of piperidine rings is 1. The largest absolute Gasteiger partial charge is 0.334 e. The van der Waals surface area contributed by atoms with E-state index in [9.17, 15) is 0 Å². The predicted molar refractivity (Wildman–Crippen MR) is 119 cm³/mol. The quantitative estimate of drug-likeness (QED) is 0.644. The van der Waals surface area contributed by atoms with Crippen LogP contribution in [0.3, 0.4) is 0 Å². The lowest BCUT2D eigenvalue weighted by Gasteiger charge is -2.40. The third-order valence-electron chi connectivity index (χ3n) is 6.69. The van der Waals surface area contributed by atoms with Crippen LogP contribution in [0, 0.1) is 5.92 Å². The Morgan fingerprint density at radius 1 is 0.833 bits per heavy atom. The number of rotatable bonds is 5. The monoisotopic (exact) mass is 401 g/mol. The summed E-state index contributed by atoms with van der Waals surface area (Å²) in [5.41, 5.74) is 2.71. The van der Waals surface area contributed by atoms with Gasteiger partial charge >= 0.3 is 0 Å². The van der Waals surface area contributed by atoms with Gasteiger partial charge in [0.2, 0.25) is 0 Å². The number of aryl methyl sites for hydroxylation is 1. The number of imidazole rings is 1. The molecule has 5 heteroatoms. The number of nitrogens with zero attached hydrogens (tertiary/aromatic N) is 5. The van der Waals surface area contributed by atoms with Crippen molar-refractivity contribution >= 4 is 0 Å². The van der Waals surface area contributed by atoms with Crippen LogP contribution in [-0.4, -0.2) is 44.0 Å². The van der Waals surface area contributed by atoms with Crippen molar-refractivity contribution in [1.29, 1.82) is 0 Å². The number of hydrogen-bond donors (Lipinski definition) is 0. The Kier molecular flexibility index (Phi) is 5.91. The van der Waals surface area contributed by atoms with Crippen molar-refractivity contribution in [2.45, 2.75) is 44.9 Å². The van der Waals surface area contributed by atoms with Crippen LogP contribution in [0.4, 0.5) is 0 Å². The second kappa shape index (κ2) is 9.11. The molecular weight excluding hydrogens is 370 g/mol. The molecule has 1 saturated heterocycles. The van der Waals surface area contributed by atoms with Gasteiger partial charge in [-0.25, -0.2) is 4.98 Å². The molecule has 2 aromatic heterocycles. The smallest absolute Gasteiger partial charge is 0.126 e. The van der Waals surface area contributed by atoms with E-state index in [4.69, 9.17) is 4.98 Å². The van der Waals surface area contributed by atoms with Crippen LogP contribution in [0.1, 0.15) is 42.3 Å². The van der Waals surface area contributed by atoms with Crippen molar-refractivity contribution in [3.63, 3.8) is 0 Å². The van der Waals surface area contributed by atoms with Crippen LogP contribution < -0.4 is 0 Å². The van der Waals surface area contributed by atoms with Crippen LogP contribution in [-0.2, 0) is 19.6 Å². The first kappa shape index (κ1) is 19.5. The molecule has 0 bridgehead atoms. The SMILES string of the molecule is c1ccc(CN2CCC(C3c4nccn4CCCN3Cc3cccnc3)CC2)cc1. The molecule has 0 N–H and O–H groups in total. The highest BCUT2D eigenvalue weighted by molar-refractivity contribution is 5.15. The topological polar surface area (TPSA) is 37.2 Å². The minimum absolute atomic E-state index is 0.390. The van der Waals surface area contributed by atoms with Crippen LogP contribution >= 0.6 is 0 Å². The molecule has 0 amide bonds. The highest BCUT2D eigenvalue weighted by Crippen LogP contribution is 2.37. The Bertz CT molecular complexity index is 915. The number of hydrogen-bond acceptors (Lipinski definition) is 4. The summed E-state index contributed by atoms with van der Waals surface area (Å²) in [6, 6.07) is 15.5. The molecule has 156 valence electrons. The molecule has 1 fully saturated rings. The lowest BCUT2D eigenvalue weighted by atomic mass is 9.87. The van der Waals surface area contributed by atoms with Crippen LogP contribution in [0.5, 0.6) is 0 Å². The van der Waals surface area contributed by atoms with Crippen molar-refractivity contribution in [1.82, 2.24) is 24.3 Å². The molecule has 1 unspecified atom stereocenters. The summed E-state index contributed by atoms with van der Waals surface area (Å²) in [5.74, 6) is 1.91. The average molecular weight is 402 g/mol. The molecule has 2 aliphatic rings. The number of fused-ring (bicyclic) bond motifs is 1. The van der Waals surface area contributed by atoms with Gasteiger partial charge in [0.15, 0.2) is 0 Å². The van der Waals surface area contributed by atoms with Gasteiger partial charge in [-0.3, -0.25) is 14.8 Å². The lowest BCUT2D eigenvalue weighted by Crippen LogP contribution is -2.41. The van der Waals surface area contributed by atoms with Gasteiger partial charge < -0.3 is 4.57 Å². The summed E-state index contributed by atoms with van der Waals surface area (Å²) in [7, 11) is 0. The van der Waals surface area contributed by atoms with E-state index in [2.05, 4.69) is 61.9 Å². The Labute approximate surface area is 179 Å². The second-order valence-corrected chi connectivity index (χ2v) is 8.71. The van der Waals surface area contributed by atoms with Gasteiger partial charge in [0.05, 0.1) is 6.04 Å². The molecule has 0 spiro atoms. The fourth-order valence-electron chi connectivity index (χ4n) is 5.20. The van der Waals surface area contributed by atoms with Gasteiger partial charge in [-0.2, -0.15) is 0 Å². The molecule has 0 saturated carbocycles. The maximum atomic E-state index is 4.84. The third-order valence-corrected chi connectivity index (χ3v) is 6.69. The zero-order valence-electron chi connectivity index (χ0n) is 17.6. The summed E-state index contributed by atoms with van der Waals surface area (Å²) in [5, 5.41) is 0. The molecule has 30 heavy (non-hydrogen) atoms. The lowest BCUT2D eigenvalue weighted by molar-refractivity contribution is 0.0769. The number of benzene rings is 1. The van der Waals surface area contributed by atoms with Crippen molar-refractivity contribution in [2.75, 3.05) is 19.6 Å². The zero-order chi connectivity index (χ0) is 20.2. The van der Waals surface area contributed by atoms with Gasteiger partial charge in [-0.15, -0.1) is 0 Å². The maximum absolute atomic E-state index is 4.84. The molecule has 1 atom stereocenters. The Morgan fingerprint density at radius 3 is 2.47 bits per heavy atom. The summed E-state index contributed by atoms with van der Waals surface area (Å²) >= 11 is 0. The first-order chi connectivity index (χ1) is 14.9. The summed E-state index contributed by atoms with van der Waals surface area (Å²) in [6.45, 7) is 6.53. The molecule has 5 rings (SSSR count). The number of aromatic nitrogens is 3. The van der Waals surface area contributed by atoms with Crippen molar-refractivity contribution in [2.24, 2.45) is 5.92 Å². The summed E-state index contributed by atoms with van der Waals surface area (Å²) in [4.78, 5) is 14.5. The fraction of sp³-hybridized carbons (Fsp3) is 0.440. The van der Waals surface area contributed by atoms with Crippen molar-refractivity contribution in [3.05, 3.63) is 84.2 Å². The van der Waals surface area contributed by atoms with E-state index < -0.39 is 0 Å². The average Bonchev–Trinajstić information content (AvgIpc) is 3.18. The van der Waals surface area contributed by atoms with Gasteiger partial charge in [-0.05, 0) is 55.5 Å². The number of likely N-dealkylation sites (tertiary alicyclic amines) is 1. The Hall–Kier alpha value is -2.50. The van der Waals surface area contributed by atoms with Crippen LogP contribution in [0.15, 0.2) is 67.3 Å². The maximum Gasteiger partial charge on any atom is 0.126 e. The van der Waals surface area contributed by atoms with Gasteiger partial charge in [-0.1, -0.05) is 36.4 Å². The van der Waals surface area contributed by atoms with Gasteiger partial charge in [0.1, 0.15) is 5.82 Å². The second-order valence-electron chi connectivity index (χ2n) is 8.71. The normalized spacial score (nSPS) is 21.3. The zero-order valence-corrected chi connectivity index (χ0v) is 17.6.